The Morgan fingerprint density at radius 3 is 2.32 bits per heavy atom. The predicted octanol–water partition coefficient (Wildman–Crippen LogP) is 2.61. The number of ether oxygens (including phenoxy) is 2. The molecule has 3 rings (SSSR count). The number of amides is 2. The summed E-state index contributed by atoms with van der Waals surface area (Å²) in [5.41, 5.74) is 1.15. The molecule has 31 heavy (non-hydrogen) atoms. The zero-order valence-corrected chi connectivity index (χ0v) is 17.4. The Kier molecular flexibility index (Phi) is 6.76. The number of methoxy groups -OCH3 is 2. The predicted molar refractivity (Wildman–Crippen MR) is 117 cm³/mol. The zero-order valence-electron chi connectivity index (χ0n) is 17.4. The van der Waals surface area contributed by atoms with Gasteiger partial charge in [0.2, 0.25) is 5.91 Å². The molecule has 9 nitrogen and oxygen atoms in total. The van der Waals surface area contributed by atoms with Crippen molar-refractivity contribution in [1.29, 1.82) is 0 Å². The van der Waals surface area contributed by atoms with E-state index in [9.17, 15) is 14.4 Å². The van der Waals surface area contributed by atoms with Gasteiger partial charge in [0.05, 0.1) is 14.2 Å². The van der Waals surface area contributed by atoms with Gasteiger partial charge in [0.25, 0.3) is 5.91 Å². The molecule has 2 aromatic carbocycles. The number of hydrogen-bond donors (Lipinski definition) is 3. The number of hydrogen-bond acceptors (Lipinski definition) is 7. The van der Waals surface area contributed by atoms with E-state index in [-0.39, 0.29) is 22.6 Å². The topological polar surface area (TPSA) is 119 Å². The first-order valence-corrected chi connectivity index (χ1v) is 9.51. The van der Waals surface area contributed by atoms with Crippen LogP contribution < -0.4 is 30.9 Å². The summed E-state index contributed by atoms with van der Waals surface area (Å²) in [7, 11) is 2.92. The minimum Gasteiger partial charge on any atom is -0.496 e. The summed E-state index contributed by atoms with van der Waals surface area (Å²) >= 11 is 0. The standard InChI is InChI=1S/C22H23N3O6/c1-13(26)23-8-9-24-14-4-6-15(7-5-14)25-22(28)20-12-17(27)21-18(30-3)10-16(29-2)11-19(21)31-20/h4-7,10-12,24H,8-9H2,1-3H3,(H,23,26)(H,25,28). The number of benzene rings is 2. The van der Waals surface area contributed by atoms with E-state index in [1.54, 1.807) is 30.3 Å². The fourth-order valence-electron chi connectivity index (χ4n) is 2.93. The minimum atomic E-state index is -0.563. The normalized spacial score (nSPS) is 10.4. The highest BCUT2D eigenvalue weighted by Gasteiger charge is 2.16. The van der Waals surface area contributed by atoms with Gasteiger partial charge in [-0.1, -0.05) is 0 Å². The van der Waals surface area contributed by atoms with Crippen molar-refractivity contribution in [2.45, 2.75) is 6.92 Å². The lowest BCUT2D eigenvalue weighted by molar-refractivity contribution is -0.118. The summed E-state index contributed by atoms with van der Waals surface area (Å²) in [5.74, 6) is -0.0436. The second-order valence-electron chi connectivity index (χ2n) is 6.62. The molecule has 0 aliphatic rings. The maximum atomic E-state index is 12.6. The fraction of sp³-hybridized carbons (Fsp3) is 0.227. The highest BCUT2D eigenvalue weighted by atomic mass is 16.5. The minimum absolute atomic E-state index is 0.0860. The number of anilines is 2. The van der Waals surface area contributed by atoms with Crippen molar-refractivity contribution in [3.05, 3.63) is 58.4 Å². The smallest absolute Gasteiger partial charge is 0.291 e. The van der Waals surface area contributed by atoms with Gasteiger partial charge in [0.1, 0.15) is 22.5 Å². The van der Waals surface area contributed by atoms with Gasteiger partial charge in [-0.25, -0.2) is 0 Å². The van der Waals surface area contributed by atoms with Crippen molar-refractivity contribution < 1.29 is 23.5 Å². The van der Waals surface area contributed by atoms with Gasteiger partial charge in [-0.2, -0.15) is 0 Å². The molecule has 0 atom stereocenters. The van der Waals surface area contributed by atoms with Crippen molar-refractivity contribution in [3.63, 3.8) is 0 Å². The van der Waals surface area contributed by atoms with Gasteiger partial charge >= 0.3 is 0 Å². The van der Waals surface area contributed by atoms with Crippen LogP contribution in [0.5, 0.6) is 11.5 Å². The molecule has 0 saturated carbocycles. The van der Waals surface area contributed by atoms with Crippen molar-refractivity contribution in [3.8, 4) is 11.5 Å². The second kappa shape index (κ2) is 9.66. The molecule has 0 unspecified atom stereocenters. The van der Waals surface area contributed by atoms with E-state index < -0.39 is 11.3 Å². The quantitative estimate of drug-likeness (QED) is 0.475. The Balaban J connectivity index is 1.74. The summed E-state index contributed by atoms with van der Waals surface area (Å²) in [6.45, 7) is 2.53. The van der Waals surface area contributed by atoms with Crippen LogP contribution in [0.25, 0.3) is 11.0 Å². The van der Waals surface area contributed by atoms with Crippen LogP contribution in [-0.4, -0.2) is 39.1 Å². The van der Waals surface area contributed by atoms with Crippen molar-refractivity contribution >= 4 is 34.2 Å². The molecule has 0 fully saturated rings. The lowest BCUT2D eigenvalue weighted by atomic mass is 10.2. The van der Waals surface area contributed by atoms with Crippen LogP contribution in [0.4, 0.5) is 11.4 Å². The third kappa shape index (κ3) is 5.33. The van der Waals surface area contributed by atoms with Gasteiger partial charge in [0, 0.05) is 49.6 Å². The van der Waals surface area contributed by atoms with E-state index in [0.29, 0.717) is 30.3 Å². The molecule has 2 amide bonds. The van der Waals surface area contributed by atoms with Gasteiger partial charge in [-0.05, 0) is 24.3 Å². The van der Waals surface area contributed by atoms with Crippen LogP contribution in [0, 0.1) is 0 Å². The van der Waals surface area contributed by atoms with E-state index >= 15 is 0 Å². The highest BCUT2D eigenvalue weighted by molar-refractivity contribution is 6.03. The maximum Gasteiger partial charge on any atom is 0.291 e. The average Bonchev–Trinajstić information content (AvgIpc) is 2.76. The average molecular weight is 425 g/mol. The monoisotopic (exact) mass is 425 g/mol. The molecule has 3 aromatic rings. The van der Waals surface area contributed by atoms with E-state index in [1.165, 1.54) is 27.2 Å². The molecule has 1 heterocycles. The van der Waals surface area contributed by atoms with Crippen LogP contribution in [0.15, 0.2) is 51.7 Å². The number of carbonyl (C=O) groups excluding carboxylic acids is 2. The van der Waals surface area contributed by atoms with Crippen molar-refractivity contribution in [1.82, 2.24) is 5.32 Å². The molecule has 0 radical (unpaired) electrons. The Hall–Kier alpha value is -4.01. The van der Waals surface area contributed by atoms with Crippen molar-refractivity contribution in [2.75, 3.05) is 37.9 Å². The Bertz CT molecular complexity index is 1150. The third-order valence-electron chi connectivity index (χ3n) is 4.42. The van der Waals surface area contributed by atoms with E-state index in [4.69, 9.17) is 13.9 Å². The summed E-state index contributed by atoms with van der Waals surface area (Å²) in [4.78, 5) is 36.0. The van der Waals surface area contributed by atoms with Gasteiger partial charge in [0.15, 0.2) is 11.2 Å². The lowest BCUT2D eigenvalue weighted by Gasteiger charge is -2.10. The van der Waals surface area contributed by atoms with Crippen LogP contribution in [-0.2, 0) is 4.79 Å². The first-order chi connectivity index (χ1) is 14.9. The lowest BCUT2D eigenvalue weighted by Crippen LogP contribution is -2.26. The van der Waals surface area contributed by atoms with Crippen LogP contribution in [0.1, 0.15) is 17.5 Å². The largest absolute Gasteiger partial charge is 0.496 e. The van der Waals surface area contributed by atoms with E-state index in [1.807, 2.05) is 0 Å². The van der Waals surface area contributed by atoms with Gasteiger partial charge in [-0.3, -0.25) is 14.4 Å². The molecule has 3 N–H and O–H groups in total. The van der Waals surface area contributed by atoms with E-state index in [0.717, 1.165) is 11.8 Å². The third-order valence-corrected chi connectivity index (χ3v) is 4.42. The summed E-state index contributed by atoms with van der Waals surface area (Å²) < 4.78 is 16.1. The molecule has 0 bridgehead atoms. The van der Waals surface area contributed by atoms with Crippen LogP contribution in [0.3, 0.4) is 0 Å². The van der Waals surface area contributed by atoms with Gasteiger partial charge in [-0.15, -0.1) is 0 Å². The van der Waals surface area contributed by atoms with E-state index in [2.05, 4.69) is 16.0 Å². The van der Waals surface area contributed by atoms with Crippen LogP contribution in [0.2, 0.25) is 0 Å². The number of rotatable bonds is 8. The molecule has 0 saturated heterocycles. The summed E-state index contributed by atoms with van der Waals surface area (Å²) in [5, 5.41) is 8.77. The fourth-order valence-corrected chi connectivity index (χ4v) is 2.93. The molecule has 0 aliphatic carbocycles. The first kappa shape index (κ1) is 21.7. The summed E-state index contributed by atoms with van der Waals surface area (Å²) in [6, 6.07) is 11.2. The summed E-state index contributed by atoms with van der Waals surface area (Å²) in [6.07, 6.45) is 0. The molecule has 0 spiro atoms. The highest BCUT2D eigenvalue weighted by Crippen LogP contribution is 2.29. The van der Waals surface area contributed by atoms with Gasteiger partial charge < -0.3 is 29.8 Å². The van der Waals surface area contributed by atoms with Crippen molar-refractivity contribution in [2.24, 2.45) is 0 Å². The molecule has 1 aromatic heterocycles. The SMILES string of the molecule is COc1cc(OC)c2c(=O)cc(C(=O)Nc3ccc(NCCNC(C)=O)cc3)oc2c1. The number of nitrogens with one attached hydrogen (secondary N) is 3. The number of carbonyl (C=O) groups is 2. The molecule has 9 heteroatoms. The zero-order chi connectivity index (χ0) is 22.4. The first-order valence-electron chi connectivity index (χ1n) is 9.51. The Morgan fingerprint density at radius 1 is 0.968 bits per heavy atom. The molecular weight excluding hydrogens is 402 g/mol. The number of fused-ring (bicyclic) bond motifs is 1. The molecule has 162 valence electrons. The Labute approximate surface area is 178 Å². The van der Waals surface area contributed by atoms with Crippen LogP contribution >= 0.6 is 0 Å². The molecule has 0 aliphatic heterocycles. The molecular formula is C22H23N3O6. The maximum absolute atomic E-state index is 12.6. The Morgan fingerprint density at radius 2 is 1.68 bits per heavy atom. The second-order valence-corrected chi connectivity index (χ2v) is 6.62.